The molecule has 0 aliphatic rings. The molecule has 0 saturated heterocycles. The summed E-state index contributed by atoms with van der Waals surface area (Å²) in [5.74, 6) is -0.847. The minimum Gasteiger partial charge on any atom is -0.462 e. The van der Waals surface area contributed by atoms with Crippen LogP contribution in [0.25, 0.3) is 0 Å². The fraction of sp³-hybridized carbons (Fsp3) is 0.167. The number of nitrogens with one attached hydrogen (secondary N) is 2. The fourth-order valence-electron chi connectivity index (χ4n) is 1.72. The van der Waals surface area contributed by atoms with Crippen LogP contribution in [-0.2, 0) is 14.8 Å². The maximum atomic E-state index is 12.3. The first-order chi connectivity index (χ1) is 10.8. The first-order valence-corrected chi connectivity index (χ1v) is 7.81. The number of carbonyl (C=O) groups is 1. The topological polar surface area (TPSA) is 144 Å². The number of nitro benzene ring substituents is 1. The van der Waals surface area contributed by atoms with E-state index in [1.807, 2.05) is 0 Å². The van der Waals surface area contributed by atoms with Crippen LogP contribution in [0.5, 0.6) is 0 Å². The molecule has 23 heavy (non-hydrogen) atoms. The molecule has 0 fully saturated rings. The van der Waals surface area contributed by atoms with Gasteiger partial charge in [-0.1, -0.05) is 6.07 Å². The van der Waals surface area contributed by atoms with E-state index in [-0.39, 0.29) is 23.5 Å². The van der Waals surface area contributed by atoms with Crippen molar-refractivity contribution in [2.24, 2.45) is 0 Å². The number of nitro groups is 1. The van der Waals surface area contributed by atoms with E-state index in [9.17, 15) is 23.3 Å². The highest BCUT2D eigenvalue weighted by Gasteiger charge is 2.26. The van der Waals surface area contributed by atoms with Gasteiger partial charge in [0.1, 0.15) is 5.56 Å². The summed E-state index contributed by atoms with van der Waals surface area (Å²) in [6.07, 6.45) is 1.03. The van der Waals surface area contributed by atoms with E-state index in [4.69, 9.17) is 4.74 Å². The van der Waals surface area contributed by atoms with Gasteiger partial charge in [-0.2, -0.15) is 13.5 Å². The van der Waals surface area contributed by atoms with Gasteiger partial charge in [0.25, 0.3) is 15.7 Å². The van der Waals surface area contributed by atoms with Crippen LogP contribution in [0.4, 0.5) is 11.4 Å². The highest BCUT2D eigenvalue weighted by Crippen LogP contribution is 2.21. The Balaban J connectivity index is 2.33. The normalized spacial score (nSPS) is 11.0. The molecule has 122 valence electrons. The van der Waals surface area contributed by atoms with Crippen LogP contribution in [0.1, 0.15) is 17.3 Å². The average Bonchev–Trinajstić information content (AvgIpc) is 2.97. The maximum absolute atomic E-state index is 12.3. The van der Waals surface area contributed by atoms with Crippen LogP contribution in [0.2, 0.25) is 0 Å². The molecule has 2 N–H and O–H groups in total. The molecule has 1 heterocycles. The van der Waals surface area contributed by atoms with Gasteiger partial charge >= 0.3 is 5.97 Å². The van der Waals surface area contributed by atoms with E-state index in [1.165, 1.54) is 18.2 Å². The molecule has 1 aromatic heterocycles. The first kappa shape index (κ1) is 16.4. The third kappa shape index (κ3) is 3.63. The predicted octanol–water partition coefficient (Wildman–Crippen LogP) is 1.30. The largest absolute Gasteiger partial charge is 0.462 e. The summed E-state index contributed by atoms with van der Waals surface area (Å²) in [4.78, 5) is 21.8. The van der Waals surface area contributed by atoms with Crippen molar-refractivity contribution in [2.45, 2.75) is 11.9 Å². The zero-order valence-electron chi connectivity index (χ0n) is 11.8. The number of esters is 1. The van der Waals surface area contributed by atoms with Gasteiger partial charge in [-0.05, 0) is 13.0 Å². The Morgan fingerprint density at radius 3 is 2.87 bits per heavy atom. The number of sulfonamides is 1. The Morgan fingerprint density at radius 1 is 1.48 bits per heavy atom. The zero-order valence-corrected chi connectivity index (χ0v) is 12.7. The number of aromatic nitrogens is 2. The number of anilines is 1. The maximum Gasteiger partial charge on any atom is 0.342 e. The molecule has 0 amide bonds. The molecule has 0 spiro atoms. The Kier molecular flexibility index (Phi) is 4.60. The average molecular weight is 340 g/mol. The van der Waals surface area contributed by atoms with Crippen LogP contribution in [-0.4, -0.2) is 36.1 Å². The van der Waals surface area contributed by atoms with Crippen molar-refractivity contribution in [3.8, 4) is 0 Å². The van der Waals surface area contributed by atoms with Crippen molar-refractivity contribution in [1.29, 1.82) is 0 Å². The quantitative estimate of drug-likeness (QED) is 0.458. The van der Waals surface area contributed by atoms with Gasteiger partial charge in [0.05, 0.1) is 23.4 Å². The van der Waals surface area contributed by atoms with Gasteiger partial charge in [0.2, 0.25) is 0 Å². The smallest absolute Gasteiger partial charge is 0.342 e. The molecule has 0 aliphatic carbocycles. The van der Waals surface area contributed by atoms with Crippen LogP contribution < -0.4 is 4.72 Å². The lowest BCUT2D eigenvalue weighted by atomic mass is 10.3. The molecular formula is C12H12N4O6S. The number of hydrogen-bond acceptors (Lipinski definition) is 7. The third-order valence-corrected chi connectivity index (χ3v) is 4.03. The van der Waals surface area contributed by atoms with Crippen molar-refractivity contribution in [1.82, 2.24) is 10.2 Å². The predicted molar refractivity (Wildman–Crippen MR) is 78.4 cm³/mol. The third-order valence-electron chi connectivity index (χ3n) is 2.68. The summed E-state index contributed by atoms with van der Waals surface area (Å²) in [5.41, 5.74) is -0.561. The fourth-order valence-corrected chi connectivity index (χ4v) is 2.86. The van der Waals surface area contributed by atoms with Crippen molar-refractivity contribution >= 4 is 27.4 Å². The Labute approximate surface area is 130 Å². The Bertz CT molecular complexity index is 845. The van der Waals surface area contributed by atoms with Crippen molar-refractivity contribution in [3.63, 3.8) is 0 Å². The van der Waals surface area contributed by atoms with E-state index < -0.39 is 25.9 Å². The van der Waals surface area contributed by atoms with Gasteiger partial charge in [0.15, 0.2) is 5.03 Å². The van der Waals surface area contributed by atoms with Crippen molar-refractivity contribution < 1.29 is 22.9 Å². The zero-order chi connectivity index (χ0) is 17.0. The molecule has 10 nitrogen and oxygen atoms in total. The summed E-state index contributed by atoms with van der Waals surface area (Å²) in [5, 5.41) is 16.0. The van der Waals surface area contributed by atoms with E-state index in [1.54, 1.807) is 6.92 Å². The molecule has 2 aromatic rings. The summed E-state index contributed by atoms with van der Waals surface area (Å²) < 4.78 is 31.5. The summed E-state index contributed by atoms with van der Waals surface area (Å²) >= 11 is 0. The molecule has 2 rings (SSSR count). The highest BCUT2D eigenvalue weighted by atomic mass is 32.2. The van der Waals surface area contributed by atoms with Crippen LogP contribution in [0, 0.1) is 10.1 Å². The molecule has 1 aromatic carbocycles. The highest BCUT2D eigenvalue weighted by molar-refractivity contribution is 7.92. The number of rotatable bonds is 6. The Morgan fingerprint density at radius 2 is 2.22 bits per heavy atom. The number of aromatic amines is 1. The van der Waals surface area contributed by atoms with E-state index in [0.717, 1.165) is 12.3 Å². The lowest BCUT2D eigenvalue weighted by Crippen LogP contribution is -2.17. The van der Waals surface area contributed by atoms with Gasteiger partial charge in [-0.3, -0.25) is 19.9 Å². The second kappa shape index (κ2) is 6.44. The minimum atomic E-state index is -4.20. The van der Waals surface area contributed by atoms with Gasteiger partial charge in [-0.25, -0.2) is 4.79 Å². The van der Waals surface area contributed by atoms with E-state index >= 15 is 0 Å². The SMILES string of the molecule is CCOC(=O)c1cn[nH]c1S(=O)(=O)Nc1cccc([N+](=O)[O-])c1. The number of hydrogen-bond donors (Lipinski definition) is 2. The van der Waals surface area contributed by atoms with Crippen LogP contribution in [0.3, 0.4) is 0 Å². The minimum absolute atomic E-state index is 0.0244. The molecule has 0 bridgehead atoms. The monoisotopic (exact) mass is 340 g/mol. The van der Waals surface area contributed by atoms with Crippen molar-refractivity contribution in [2.75, 3.05) is 11.3 Å². The lowest BCUT2D eigenvalue weighted by Gasteiger charge is -2.07. The second-order valence-electron chi connectivity index (χ2n) is 4.25. The van der Waals surface area contributed by atoms with E-state index in [2.05, 4.69) is 14.9 Å². The molecule has 0 aliphatic heterocycles. The second-order valence-corrected chi connectivity index (χ2v) is 5.87. The molecular weight excluding hydrogens is 328 g/mol. The number of ether oxygens (including phenoxy) is 1. The Hall–Kier alpha value is -2.95. The van der Waals surface area contributed by atoms with E-state index in [0.29, 0.717) is 0 Å². The number of non-ortho nitro benzene ring substituents is 1. The number of H-pyrrole nitrogens is 1. The molecule has 0 unspecified atom stereocenters. The van der Waals surface area contributed by atoms with Gasteiger partial charge < -0.3 is 4.74 Å². The summed E-state index contributed by atoms with van der Waals surface area (Å²) in [7, 11) is -4.20. The molecule has 0 radical (unpaired) electrons. The van der Waals surface area contributed by atoms with Crippen molar-refractivity contribution in [3.05, 3.63) is 46.1 Å². The summed E-state index contributed by atoms with van der Waals surface area (Å²) in [6.45, 7) is 1.65. The van der Waals surface area contributed by atoms with Crippen LogP contribution >= 0.6 is 0 Å². The number of carbonyl (C=O) groups excluding carboxylic acids is 1. The summed E-state index contributed by atoms with van der Waals surface area (Å²) in [6, 6.07) is 4.94. The molecule has 0 atom stereocenters. The number of nitrogens with zero attached hydrogens (tertiary/aromatic N) is 2. The standard InChI is InChI=1S/C12H12N4O6S/c1-2-22-12(17)10-7-13-14-11(10)23(20,21)15-8-4-3-5-9(6-8)16(18)19/h3-7,15H,2H2,1H3,(H,13,14). The first-order valence-electron chi connectivity index (χ1n) is 6.33. The number of benzene rings is 1. The van der Waals surface area contributed by atoms with Crippen LogP contribution in [0.15, 0.2) is 35.5 Å². The molecule has 0 saturated carbocycles. The molecule has 11 heteroatoms. The van der Waals surface area contributed by atoms with Gasteiger partial charge in [-0.15, -0.1) is 0 Å². The lowest BCUT2D eigenvalue weighted by molar-refractivity contribution is -0.384. The van der Waals surface area contributed by atoms with Gasteiger partial charge in [0, 0.05) is 12.1 Å².